The number of aliphatic hydroxyl groups is 1. The highest BCUT2D eigenvalue weighted by Crippen LogP contribution is 2.20. The summed E-state index contributed by atoms with van der Waals surface area (Å²) in [6.07, 6.45) is 4.56. The molecule has 0 bridgehead atoms. The number of amides is 2. The monoisotopic (exact) mass is 287 g/mol. The molecule has 0 fully saturated rings. The number of hydrogen-bond acceptors (Lipinski definition) is 4. The number of nitrogens with one attached hydrogen (secondary N) is 2. The number of aromatic nitrogens is 1. The number of hydrogen-bond donors (Lipinski definition) is 3. The normalized spacial score (nSPS) is 20.9. The maximum Gasteiger partial charge on any atom is 0.319 e. The predicted octanol–water partition coefficient (Wildman–Crippen LogP) is 2.19. The number of aliphatic hydroxyl groups excluding tert-OH is 1. The van der Waals surface area contributed by atoms with E-state index in [0.29, 0.717) is 22.7 Å². The van der Waals surface area contributed by atoms with Gasteiger partial charge in [-0.3, -0.25) is 0 Å². The van der Waals surface area contributed by atoms with Gasteiger partial charge in [0.15, 0.2) is 11.5 Å². The minimum atomic E-state index is -0.275. The van der Waals surface area contributed by atoms with Crippen molar-refractivity contribution in [2.45, 2.75) is 19.4 Å². The smallest absolute Gasteiger partial charge is 0.319 e. The van der Waals surface area contributed by atoms with Crippen LogP contribution in [-0.2, 0) is 0 Å². The molecule has 0 spiro atoms. The lowest BCUT2D eigenvalue weighted by molar-refractivity contribution is 0.238. The van der Waals surface area contributed by atoms with Crippen LogP contribution in [0.25, 0.3) is 11.1 Å². The Kier molecular flexibility index (Phi) is 3.62. The topological polar surface area (TPSA) is 87.4 Å². The van der Waals surface area contributed by atoms with Crippen molar-refractivity contribution in [1.82, 2.24) is 10.3 Å². The van der Waals surface area contributed by atoms with Gasteiger partial charge in [-0.2, -0.15) is 0 Å². The van der Waals surface area contributed by atoms with Crippen molar-refractivity contribution in [3.63, 3.8) is 0 Å². The van der Waals surface area contributed by atoms with Gasteiger partial charge in [-0.25, -0.2) is 9.78 Å². The lowest BCUT2D eigenvalue weighted by Gasteiger charge is -2.13. The third kappa shape index (κ3) is 3.05. The largest absolute Gasteiger partial charge is 0.441 e. The molecule has 1 aliphatic carbocycles. The molecule has 0 aliphatic heterocycles. The summed E-state index contributed by atoms with van der Waals surface area (Å²) in [7, 11) is 0. The first kappa shape index (κ1) is 13.6. The molecule has 1 heterocycles. The Morgan fingerprint density at radius 1 is 1.48 bits per heavy atom. The van der Waals surface area contributed by atoms with Crippen LogP contribution >= 0.6 is 0 Å². The predicted molar refractivity (Wildman–Crippen MR) is 79.0 cm³/mol. The molecule has 3 N–H and O–H groups in total. The number of anilines is 1. The summed E-state index contributed by atoms with van der Waals surface area (Å²) in [6.45, 7) is 1.89. The number of oxazole rings is 1. The molecule has 0 radical (unpaired) electrons. The first-order chi connectivity index (χ1) is 10.1. The molecule has 2 aromatic rings. The Morgan fingerprint density at radius 3 is 3.10 bits per heavy atom. The number of fused-ring (bicyclic) bond motifs is 1. The van der Waals surface area contributed by atoms with Crippen LogP contribution < -0.4 is 10.6 Å². The number of carbonyl (C=O) groups excluding carboxylic acids is 1. The fraction of sp³-hybridized carbons (Fsp3) is 0.333. The summed E-state index contributed by atoms with van der Waals surface area (Å²) >= 11 is 0. The van der Waals surface area contributed by atoms with Crippen LogP contribution in [-0.4, -0.2) is 28.8 Å². The van der Waals surface area contributed by atoms with Gasteiger partial charge in [0.2, 0.25) is 0 Å². The molecule has 1 aliphatic rings. The average Bonchev–Trinajstić information content (AvgIpc) is 3.03. The van der Waals surface area contributed by atoms with Crippen LogP contribution in [0.4, 0.5) is 10.5 Å². The molecule has 1 aromatic heterocycles. The van der Waals surface area contributed by atoms with E-state index in [1.807, 2.05) is 12.2 Å². The van der Waals surface area contributed by atoms with Gasteiger partial charge in [0, 0.05) is 31.2 Å². The Hall–Kier alpha value is -2.34. The lowest BCUT2D eigenvalue weighted by Crippen LogP contribution is -2.36. The van der Waals surface area contributed by atoms with E-state index in [-0.39, 0.29) is 24.6 Å². The molecular formula is C15H17N3O3. The standard InChI is InChI=1S/C15H17N3O3/c1-9-16-13-7-12(4-5-14(13)21-9)18-15(20)17-11-3-2-10(6-11)8-19/h2-5,7,10-11,19H,6,8H2,1H3,(H2,17,18,20)/t10-,11+/m0/s1. The quantitative estimate of drug-likeness (QED) is 0.755. The van der Waals surface area contributed by atoms with Gasteiger partial charge in [-0.15, -0.1) is 0 Å². The van der Waals surface area contributed by atoms with Crippen molar-refractivity contribution in [1.29, 1.82) is 0 Å². The molecule has 0 saturated heterocycles. The summed E-state index contributed by atoms with van der Waals surface area (Å²) in [5.74, 6) is 0.725. The van der Waals surface area contributed by atoms with Crippen LogP contribution in [0.1, 0.15) is 12.3 Å². The third-order valence-electron chi connectivity index (χ3n) is 3.48. The fourth-order valence-electron chi connectivity index (χ4n) is 2.47. The minimum Gasteiger partial charge on any atom is -0.441 e. The molecule has 6 nitrogen and oxygen atoms in total. The second kappa shape index (κ2) is 5.57. The lowest BCUT2D eigenvalue weighted by atomic mass is 10.1. The highest BCUT2D eigenvalue weighted by molar-refractivity contribution is 5.91. The van der Waals surface area contributed by atoms with Gasteiger partial charge >= 0.3 is 6.03 Å². The Morgan fingerprint density at radius 2 is 2.33 bits per heavy atom. The van der Waals surface area contributed by atoms with Crippen LogP contribution in [0.15, 0.2) is 34.8 Å². The van der Waals surface area contributed by atoms with Crippen LogP contribution in [0.3, 0.4) is 0 Å². The molecule has 21 heavy (non-hydrogen) atoms. The molecule has 2 atom stereocenters. The number of nitrogens with zero attached hydrogens (tertiary/aromatic N) is 1. The number of rotatable bonds is 3. The fourth-order valence-corrected chi connectivity index (χ4v) is 2.47. The van der Waals surface area contributed by atoms with E-state index in [9.17, 15) is 4.79 Å². The van der Waals surface area contributed by atoms with Gasteiger partial charge in [0.25, 0.3) is 0 Å². The molecule has 6 heteroatoms. The van der Waals surface area contributed by atoms with Gasteiger partial charge in [0.1, 0.15) is 5.52 Å². The SMILES string of the molecule is Cc1nc2cc(NC(=O)N[C@@H]3C=C[C@H](CO)C3)ccc2o1. The van der Waals surface area contributed by atoms with Gasteiger partial charge in [0.05, 0.1) is 0 Å². The van der Waals surface area contributed by atoms with Crippen molar-refractivity contribution in [2.24, 2.45) is 5.92 Å². The van der Waals surface area contributed by atoms with Crippen molar-refractivity contribution in [3.8, 4) is 0 Å². The molecule has 110 valence electrons. The van der Waals surface area contributed by atoms with Crippen LogP contribution in [0.2, 0.25) is 0 Å². The average molecular weight is 287 g/mol. The van der Waals surface area contributed by atoms with E-state index in [1.54, 1.807) is 25.1 Å². The van der Waals surface area contributed by atoms with E-state index < -0.39 is 0 Å². The van der Waals surface area contributed by atoms with Crippen LogP contribution in [0.5, 0.6) is 0 Å². The molecular weight excluding hydrogens is 270 g/mol. The first-order valence-corrected chi connectivity index (χ1v) is 6.88. The van der Waals surface area contributed by atoms with Gasteiger partial charge in [-0.1, -0.05) is 12.2 Å². The summed E-state index contributed by atoms with van der Waals surface area (Å²) in [6, 6.07) is 5.00. The maximum absolute atomic E-state index is 11.9. The highest BCUT2D eigenvalue weighted by Gasteiger charge is 2.19. The first-order valence-electron chi connectivity index (χ1n) is 6.88. The van der Waals surface area contributed by atoms with E-state index in [1.165, 1.54) is 0 Å². The van der Waals surface area contributed by atoms with Gasteiger partial charge < -0.3 is 20.2 Å². The molecule has 2 amide bonds. The molecule has 0 saturated carbocycles. The van der Waals surface area contributed by atoms with Crippen LogP contribution in [0, 0.1) is 12.8 Å². The highest BCUT2D eigenvalue weighted by atomic mass is 16.3. The van der Waals surface area contributed by atoms with E-state index in [2.05, 4.69) is 15.6 Å². The zero-order valence-corrected chi connectivity index (χ0v) is 11.7. The summed E-state index contributed by atoms with van der Waals surface area (Å²) in [4.78, 5) is 16.2. The van der Waals surface area contributed by atoms with Crippen molar-refractivity contribution < 1.29 is 14.3 Å². The molecule has 3 rings (SSSR count). The zero-order valence-electron chi connectivity index (χ0n) is 11.7. The van der Waals surface area contributed by atoms with E-state index in [0.717, 1.165) is 6.42 Å². The van der Waals surface area contributed by atoms with Crippen molar-refractivity contribution in [2.75, 3.05) is 11.9 Å². The number of carbonyl (C=O) groups is 1. The molecule has 0 unspecified atom stereocenters. The Labute approximate surface area is 121 Å². The Bertz CT molecular complexity index is 693. The van der Waals surface area contributed by atoms with Crippen molar-refractivity contribution in [3.05, 3.63) is 36.2 Å². The molecule has 1 aromatic carbocycles. The number of benzene rings is 1. The Balaban J connectivity index is 1.62. The number of aryl methyl sites for hydroxylation is 1. The minimum absolute atomic E-state index is 0.0415. The van der Waals surface area contributed by atoms with Gasteiger partial charge in [-0.05, 0) is 24.6 Å². The van der Waals surface area contributed by atoms with E-state index in [4.69, 9.17) is 9.52 Å². The summed E-state index contributed by atoms with van der Waals surface area (Å²) in [5.41, 5.74) is 2.07. The summed E-state index contributed by atoms with van der Waals surface area (Å²) < 4.78 is 5.39. The zero-order chi connectivity index (χ0) is 14.8. The van der Waals surface area contributed by atoms with Crippen molar-refractivity contribution >= 4 is 22.8 Å². The number of urea groups is 1. The second-order valence-corrected chi connectivity index (χ2v) is 5.18. The summed E-state index contributed by atoms with van der Waals surface area (Å²) in [5, 5.41) is 14.7. The maximum atomic E-state index is 11.9. The third-order valence-corrected chi connectivity index (χ3v) is 3.48. The van der Waals surface area contributed by atoms with E-state index >= 15 is 0 Å². The second-order valence-electron chi connectivity index (χ2n) is 5.18.